The molecule has 6 heteroatoms. The van der Waals surface area contributed by atoms with Crippen LogP contribution in [0.4, 0.5) is 5.69 Å². The fourth-order valence-electron chi connectivity index (χ4n) is 3.13. The first kappa shape index (κ1) is 22.0. The maximum Gasteiger partial charge on any atom is 0.191 e. The van der Waals surface area contributed by atoms with Gasteiger partial charge in [-0.15, -0.1) is 24.0 Å². The second-order valence-corrected chi connectivity index (χ2v) is 6.94. The van der Waals surface area contributed by atoms with Gasteiger partial charge in [0.1, 0.15) is 0 Å². The minimum Gasteiger partial charge on any atom is -0.385 e. The smallest absolute Gasteiger partial charge is 0.191 e. The quantitative estimate of drug-likeness (QED) is 0.355. The summed E-state index contributed by atoms with van der Waals surface area (Å²) in [6.07, 6.45) is 5.02. The van der Waals surface area contributed by atoms with Gasteiger partial charge in [0, 0.05) is 53.6 Å². The SMILES string of the molecule is CN=C(NCc1cccc(N(C)C)c1)NCC1(CCOC)CCC1.I. The third kappa shape index (κ3) is 6.66. The van der Waals surface area contributed by atoms with Crippen LogP contribution in [0.5, 0.6) is 0 Å². The lowest BCUT2D eigenvalue weighted by molar-refractivity contribution is 0.0732. The van der Waals surface area contributed by atoms with Gasteiger partial charge < -0.3 is 20.3 Å². The number of nitrogens with one attached hydrogen (secondary N) is 2. The van der Waals surface area contributed by atoms with Crippen LogP contribution in [0.25, 0.3) is 0 Å². The van der Waals surface area contributed by atoms with E-state index < -0.39 is 0 Å². The van der Waals surface area contributed by atoms with E-state index in [4.69, 9.17) is 4.74 Å². The first-order valence-electron chi connectivity index (χ1n) is 8.78. The molecule has 1 fully saturated rings. The van der Waals surface area contributed by atoms with Crippen molar-refractivity contribution >= 4 is 35.6 Å². The summed E-state index contributed by atoms with van der Waals surface area (Å²) in [5.74, 6) is 0.869. The molecule has 0 radical (unpaired) electrons. The van der Waals surface area contributed by atoms with Crippen LogP contribution in [-0.2, 0) is 11.3 Å². The minimum absolute atomic E-state index is 0. The molecule has 1 aromatic rings. The van der Waals surface area contributed by atoms with Gasteiger partial charge in [0.05, 0.1) is 0 Å². The van der Waals surface area contributed by atoms with Crippen molar-refractivity contribution in [1.82, 2.24) is 10.6 Å². The van der Waals surface area contributed by atoms with Crippen molar-refractivity contribution in [3.8, 4) is 0 Å². The van der Waals surface area contributed by atoms with Gasteiger partial charge in [-0.25, -0.2) is 0 Å². The highest BCUT2D eigenvalue weighted by Gasteiger charge is 2.36. The van der Waals surface area contributed by atoms with E-state index in [9.17, 15) is 0 Å². The Balaban J connectivity index is 0.00000312. The Morgan fingerprint density at radius 3 is 2.60 bits per heavy atom. The zero-order valence-electron chi connectivity index (χ0n) is 16.0. The molecule has 0 bridgehead atoms. The summed E-state index contributed by atoms with van der Waals surface area (Å²) in [6, 6.07) is 8.55. The summed E-state index contributed by atoms with van der Waals surface area (Å²) in [5.41, 5.74) is 2.85. The topological polar surface area (TPSA) is 48.9 Å². The van der Waals surface area contributed by atoms with Crippen LogP contribution in [0.1, 0.15) is 31.2 Å². The van der Waals surface area contributed by atoms with E-state index in [2.05, 4.69) is 58.9 Å². The fourth-order valence-corrected chi connectivity index (χ4v) is 3.13. The van der Waals surface area contributed by atoms with E-state index in [0.717, 1.165) is 32.1 Å². The lowest BCUT2D eigenvalue weighted by Gasteiger charge is -2.42. The van der Waals surface area contributed by atoms with Crippen molar-refractivity contribution in [2.45, 2.75) is 32.2 Å². The molecule has 25 heavy (non-hydrogen) atoms. The lowest BCUT2D eigenvalue weighted by Crippen LogP contribution is -2.46. The standard InChI is InChI=1S/C19H32N4O.HI/c1-20-18(22-15-19(9-6-10-19)11-12-24-4)21-14-16-7-5-8-17(13-16)23(2)3;/h5,7-8,13H,6,9-12,14-15H2,1-4H3,(H2,20,21,22);1H. The van der Waals surface area contributed by atoms with Gasteiger partial charge in [0.2, 0.25) is 0 Å². The number of guanidine groups is 1. The summed E-state index contributed by atoms with van der Waals surface area (Å²) in [6.45, 7) is 2.57. The van der Waals surface area contributed by atoms with Crippen LogP contribution >= 0.6 is 24.0 Å². The average molecular weight is 460 g/mol. The van der Waals surface area contributed by atoms with Crippen LogP contribution in [0.3, 0.4) is 0 Å². The average Bonchev–Trinajstić information content (AvgIpc) is 2.56. The van der Waals surface area contributed by atoms with Crippen molar-refractivity contribution in [1.29, 1.82) is 0 Å². The number of benzene rings is 1. The van der Waals surface area contributed by atoms with Gasteiger partial charge >= 0.3 is 0 Å². The monoisotopic (exact) mass is 460 g/mol. The molecule has 0 atom stereocenters. The van der Waals surface area contributed by atoms with Crippen molar-refractivity contribution in [3.63, 3.8) is 0 Å². The Labute approximate surface area is 169 Å². The molecule has 0 amide bonds. The first-order chi connectivity index (χ1) is 11.6. The maximum absolute atomic E-state index is 5.26. The second kappa shape index (κ2) is 10.9. The molecular formula is C19H33IN4O. The molecule has 0 spiro atoms. The highest BCUT2D eigenvalue weighted by molar-refractivity contribution is 14.0. The molecule has 5 nitrogen and oxygen atoms in total. The minimum atomic E-state index is 0. The number of methoxy groups -OCH3 is 1. The second-order valence-electron chi connectivity index (χ2n) is 6.94. The maximum atomic E-state index is 5.26. The van der Waals surface area contributed by atoms with Crippen LogP contribution in [0.2, 0.25) is 0 Å². The highest BCUT2D eigenvalue weighted by atomic mass is 127. The molecule has 142 valence electrons. The van der Waals surface area contributed by atoms with Gasteiger partial charge in [-0.2, -0.15) is 0 Å². The molecule has 0 aliphatic heterocycles. The highest BCUT2D eigenvalue weighted by Crippen LogP contribution is 2.43. The number of hydrogen-bond donors (Lipinski definition) is 2. The lowest BCUT2D eigenvalue weighted by atomic mass is 9.67. The number of halogens is 1. The van der Waals surface area contributed by atoms with Crippen molar-refractivity contribution < 1.29 is 4.74 Å². The fraction of sp³-hybridized carbons (Fsp3) is 0.632. The molecule has 2 N–H and O–H groups in total. The largest absolute Gasteiger partial charge is 0.385 e. The summed E-state index contributed by atoms with van der Waals surface area (Å²) in [4.78, 5) is 6.47. The van der Waals surface area contributed by atoms with E-state index >= 15 is 0 Å². The van der Waals surface area contributed by atoms with Gasteiger partial charge in [-0.05, 0) is 42.4 Å². The number of aliphatic imine (C=N–C) groups is 1. The van der Waals surface area contributed by atoms with E-state index in [-0.39, 0.29) is 24.0 Å². The molecule has 0 unspecified atom stereocenters. The van der Waals surface area contributed by atoms with E-state index in [1.54, 1.807) is 7.11 Å². The molecular weight excluding hydrogens is 427 g/mol. The predicted molar refractivity (Wildman–Crippen MR) is 117 cm³/mol. The van der Waals surface area contributed by atoms with Gasteiger partial charge in [-0.3, -0.25) is 4.99 Å². The number of hydrogen-bond acceptors (Lipinski definition) is 3. The molecule has 1 saturated carbocycles. The van der Waals surface area contributed by atoms with Gasteiger partial charge in [0.25, 0.3) is 0 Å². The van der Waals surface area contributed by atoms with Gasteiger partial charge in [-0.1, -0.05) is 18.6 Å². The molecule has 1 aromatic carbocycles. The molecule has 0 saturated heterocycles. The van der Waals surface area contributed by atoms with Crippen molar-refractivity contribution in [2.75, 3.05) is 46.3 Å². The van der Waals surface area contributed by atoms with Crippen LogP contribution in [0, 0.1) is 5.41 Å². The summed E-state index contributed by atoms with van der Waals surface area (Å²) < 4.78 is 5.26. The van der Waals surface area contributed by atoms with Crippen molar-refractivity contribution in [3.05, 3.63) is 29.8 Å². The Bertz CT molecular complexity index is 544. The Morgan fingerprint density at radius 1 is 1.28 bits per heavy atom. The third-order valence-electron chi connectivity index (χ3n) is 4.99. The Morgan fingerprint density at radius 2 is 2.04 bits per heavy atom. The molecule has 0 aromatic heterocycles. The zero-order chi connectivity index (χ0) is 17.4. The summed E-state index contributed by atoms with van der Waals surface area (Å²) >= 11 is 0. The summed E-state index contributed by atoms with van der Waals surface area (Å²) in [7, 11) is 7.73. The molecule has 1 aliphatic carbocycles. The van der Waals surface area contributed by atoms with Crippen LogP contribution in [0.15, 0.2) is 29.3 Å². The molecule has 1 aliphatic rings. The number of anilines is 1. The normalized spacial score (nSPS) is 15.8. The summed E-state index contributed by atoms with van der Waals surface area (Å²) in [5, 5.41) is 6.92. The number of nitrogens with zero attached hydrogens (tertiary/aromatic N) is 2. The first-order valence-corrected chi connectivity index (χ1v) is 8.78. The number of ether oxygens (including phenoxy) is 1. The predicted octanol–water partition coefficient (Wildman–Crippen LogP) is 3.24. The molecule has 0 heterocycles. The zero-order valence-corrected chi connectivity index (χ0v) is 18.3. The van der Waals surface area contributed by atoms with E-state index in [1.807, 2.05) is 7.05 Å². The van der Waals surface area contributed by atoms with Crippen LogP contribution < -0.4 is 15.5 Å². The molecule has 2 rings (SSSR count). The van der Waals surface area contributed by atoms with E-state index in [0.29, 0.717) is 5.41 Å². The third-order valence-corrected chi connectivity index (χ3v) is 4.99. The Kier molecular flexibility index (Phi) is 9.56. The van der Waals surface area contributed by atoms with Crippen LogP contribution in [-0.4, -0.2) is 47.4 Å². The van der Waals surface area contributed by atoms with Gasteiger partial charge in [0.15, 0.2) is 5.96 Å². The Hall–Kier alpha value is -1.02. The van der Waals surface area contributed by atoms with E-state index in [1.165, 1.54) is 30.5 Å². The van der Waals surface area contributed by atoms with Crippen molar-refractivity contribution in [2.24, 2.45) is 10.4 Å². The number of rotatable bonds is 8.